The van der Waals surface area contributed by atoms with Gasteiger partial charge in [-0.2, -0.15) is 0 Å². The summed E-state index contributed by atoms with van der Waals surface area (Å²) in [6.07, 6.45) is 0. The molecule has 0 saturated heterocycles. The summed E-state index contributed by atoms with van der Waals surface area (Å²) in [4.78, 5) is 33.3. The zero-order valence-corrected chi connectivity index (χ0v) is 14.2. The third-order valence-corrected chi connectivity index (χ3v) is 4.44. The molecule has 2 rings (SSSR count). The molecule has 0 unspecified atom stereocenters. The second kappa shape index (κ2) is 8.29. The Bertz CT molecular complexity index is 805. The molecule has 0 atom stereocenters. The van der Waals surface area contributed by atoms with Crippen molar-refractivity contribution in [3.8, 4) is 0 Å². The molecule has 0 aliphatic heterocycles. The minimum atomic E-state index is -0.860. The average Bonchev–Trinajstić information content (AvgIpc) is 2.56. The number of nitro groups is 1. The first kappa shape index (κ1) is 18.5. The molecule has 1 amide bonds. The fraction of sp³-hybridized carbons (Fsp3) is 0.176. The number of nitrogens with one attached hydrogen (secondary N) is 1. The van der Waals surface area contributed by atoms with Crippen LogP contribution in [0.15, 0.2) is 42.5 Å². The van der Waals surface area contributed by atoms with E-state index in [0.29, 0.717) is 17.0 Å². The molecule has 2 aromatic rings. The Morgan fingerprint density at radius 3 is 2.48 bits per heavy atom. The Morgan fingerprint density at radius 1 is 1.20 bits per heavy atom. The molecule has 0 spiro atoms. The molecule has 25 heavy (non-hydrogen) atoms. The number of hydrogen-bond donors (Lipinski definition) is 2. The summed E-state index contributed by atoms with van der Waals surface area (Å²) in [6.45, 7) is 1.54. The highest BCUT2D eigenvalue weighted by Crippen LogP contribution is 2.22. The first-order valence-corrected chi connectivity index (χ1v) is 8.48. The molecule has 0 fully saturated rings. The maximum Gasteiger partial charge on any atom is 0.313 e. The number of nitrogens with zero attached hydrogens (tertiary/aromatic N) is 1. The lowest BCUT2D eigenvalue weighted by atomic mass is 10.1. The number of carbonyl (C=O) groups is 2. The van der Waals surface area contributed by atoms with E-state index in [1.54, 1.807) is 24.3 Å². The summed E-state index contributed by atoms with van der Waals surface area (Å²) in [6, 6.07) is 11.4. The normalized spacial score (nSPS) is 10.3. The largest absolute Gasteiger partial charge is 0.481 e. The van der Waals surface area contributed by atoms with Crippen LogP contribution < -0.4 is 5.32 Å². The lowest BCUT2D eigenvalue weighted by Gasteiger charge is -2.09. The van der Waals surface area contributed by atoms with E-state index in [9.17, 15) is 19.7 Å². The molecular formula is C17H16N2O5S. The fourth-order valence-corrected chi connectivity index (χ4v) is 2.91. The van der Waals surface area contributed by atoms with Gasteiger partial charge in [0, 0.05) is 28.6 Å². The van der Waals surface area contributed by atoms with Crippen molar-refractivity contribution in [3.63, 3.8) is 0 Å². The van der Waals surface area contributed by atoms with E-state index in [4.69, 9.17) is 5.11 Å². The van der Waals surface area contributed by atoms with Crippen molar-refractivity contribution >= 4 is 35.0 Å². The van der Waals surface area contributed by atoms with Gasteiger partial charge in [-0.25, -0.2) is 0 Å². The molecule has 130 valence electrons. The van der Waals surface area contributed by atoms with Crippen molar-refractivity contribution in [2.24, 2.45) is 0 Å². The standard InChI is InChI=1S/C17H16N2O5S/c1-11-14(3-2-4-15(11)19(23)24)17(22)18-13-7-5-12(6-8-13)9-25-10-16(20)21/h2-8H,9-10H2,1H3,(H,18,22)(H,20,21). The smallest absolute Gasteiger partial charge is 0.313 e. The van der Waals surface area contributed by atoms with Crippen LogP contribution in [0.1, 0.15) is 21.5 Å². The first-order chi connectivity index (χ1) is 11.9. The van der Waals surface area contributed by atoms with Gasteiger partial charge in [-0.3, -0.25) is 19.7 Å². The van der Waals surface area contributed by atoms with Crippen LogP contribution in [0.4, 0.5) is 11.4 Å². The van der Waals surface area contributed by atoms with E-state index in [1.807, 2.05) is 0 Å². The van der Waals surface area contributed by atoms with Crippen molar-refractivity contribution in [2.45, 2.75) is 12.7 Å². The van der Waals surface area contributed by atoms with Crippen LogP contribution in [0.5, 0.6) is 0 Å². The van der Waals surface area contributed by atoms with Gasteiger partial charge in [-0.05, 0) is 30.7 Å². The number of nitro benzene ring substituents is 1. The molecule has 0 heterocycles. The van der Waals surface area contributed by atoms with E-state index >= 15 is 0 Å². The number of carboxylic acids is 1. The third kappa shape index (κ3) is 5.05. The van der Waals surface area contributed by atoms with E-state index in [1.165, 1.54) is 36.9 Å². The van der Waals surface area contributed by atoms with Crippen molar-refractivity contribution < 1.29 is 19.6 Å². The van der Waals surface area contributed by atoms with E-state index in [-0.39, 0.29) is 17.0 Å². The summed E-state index contributed by atoms with van der Waals surface area (Å²) in [5.74, 6) is -0.690. The van der Waals surface area contributed by atoms with Gasteiger partial charge in [0.05, 0.1) is 10.7 Å². The number of rotatable bonds is 7. The molecule has 0 aliphatic carbocycles. The predicted molar refractivity (Wildman–Crippen MR) is 96.0 cm³/mol. The van der Waals surface area contributed by atoms with Gasteiger partial charge in [0.15, 0.2) is 0 Å². The summed E-state index contributed by atoms with van der Waals surface area (Å²) < 4.78 is 0. The summed E-state index contributed by atoms with van der Waals surface area (Å²) in [5, 5.41) is 22.3. The summed E-state index contributed by atoms with van der Waals surface area (Å²) in [5.41, 5.74) is 1.96. The van der Waals surface area contributed by atoms with Gasteiger partial charge >= 0.3 is 5.97 Å². The first-order valence-electron chi connectivity index (χ1n) is 7.32. The molecule has 0 radical (unpaired) electrons. The van der Waals surface area contributed by atoms with Crippen LogP contribution in [0.2, 0.25) is 0 Å². The molecule has 2 aromatic carbocycles. The monoisotopic (exact) mass is 360 g/mol. The van der Waals surface area contributed by atoms with E-state index in [2.05, 4.69) is 5.32 Å². The van der Waals surface area contributed by atoms with Gasteiger partial charge in [-0.15, -0.1) is 11.8 Å². The molecular weight excluding hydrogens is 344 g/mol. The zero-order chi connectivity index (χ0) is 18.4. The quantitative estimate of drug-likeness (QED) is 0.578. The average molecular weight is 360 g/mol. The molecule has 2 N–H and O–H groups in total. The minimum absolute atomic E-state index is 0.0323. The third-order valence-electron chi connectivity index (χ3n) is 3.45. The van der Waals surface area contributed by atoms with Crippen molar-refractivity contribution in [3.05, 3.63) is 69.3 Å². The maximum absolute atomic E-state index is 12.3. The molecule has 0 saturated carbocycles. The van der Waals surface area contributed by atoms with Crippen molar-refractivity contribution in [1.82, 2.24) is 0 Å². The second-order valence-electron chi connectivity index (χ2n) is 5.24. The van der Waals surface area contributed by atoms with E-state index in [0.717, 1.165) is 5.56 Å². The highest BCUT2D eigenvalue weighted by Gasteiger charge is 2.17. The van der Waals surface area contributed by atoms with Crippen LogP contribution >= 0.6 is 11.8 Å². The Labute approximate surface area is 148 Å². The zero-order valence-electron chi connectivity index (χ0n) is 13.4. The SMILES string of the molecule is Cc1c(C(=O)Nc2ccc(CSCC(=O)O)cc2)cccc1[N+](=O)[O-]. The van der Waals surface area contributed by atoms with Gasteiger partial charge in [0.2, 0.25) is 0 Å². The number of aliphatic carboxylic acids is 1. The summed E-state index contributed by atoms with van der Waals surface area (Å²) in [7, 11) is 0. The maximum atomic E-state index is 12.3. The Morgan fingerprint density at radius 2 is 1.88 bits per heavy atom. The Balaban J connectivity index is 2.05. The van der Waals surface area contributed by atoms with Crippen LogP contribution in [-0.2, 0) is 10.5 Å². The number of carboxylic acid groups (broad SMARTS) is 1. The van der Waals surface area contributed by atoms with Crippen molar-refractivity contribution in [1.29, 1.82) is 0 Å². The Kier molecular flexibility index (Phi) is 6.13. The highest BCUT2D eigenvalue weighted by atomic mass is 32.2. The van der Waals surface area contributed by atoms with Gasteiger partial charge in [0.1, 0.15) is 0 Å². The van der Waals surface area contributed by atoms with Gasteiger partial charge in [0.25, 0.3) is 11.6 Å². The van der Waals surface area contributed by atoms with Crippen LogP contribution in [-0.4, -0.2) is 27.7 Å². The molecule has 0 aliphatic rings. The minimum Gasteiger partial charge on any atom is -0.481 e. The lowest BCUT2D eigenvalue weighted by molar-refractivity contribution is -0.385. The number of thioether (sulfide) groups is 1. The number of hydrogen-bond acceptors (Lipinski definition) is 5. The molecule has 0 bridgehead atoms. The summed E-state index contributed by atoms with van der Waals surface area (Å²) >= 11 is 1.29. The number of benzene rings is 2. The van der Waals surface area contributed by atoms with Crippen LogP contribution in [0.3, 0.4) is 0 Å². The number of amides is 1. The second-order valence-corrected chi connectivity index (χ2v) is 6.23. The number of anilines is 1. The fourth-order valence-electron chi connectivity index (χ4n) is 2.21. The topological polar surface area (TPSA) is 110 Å². The lowest BCUT2D eigenvalue weighted by Crippen LogP contribution is -2.14. The Hall–Kier alpha value is -2.87. The molecule has 8 heteroatoms. The predicted octanol–water partition coefficient (Wildman–Crippen LogP) is 3.47. The van der Waals surface area contributed by atoms with Gasteiger partial charge < -0.3 is 10.4 Å². The van der Waals surface area contributed by atoms with Gasteiger partial charge in [-0.1, -0.05) is 18.2 Å². The van der Waals surface area contributed by atoms with E-state index < -0.39 is 16.8 Å². The number of carbonyl (C=O) groups excluding carboxylic acids is 1. The van der Waals surface area contributed by atoms with Crippen molar-refractivity contribution in [2.75, 3.05) is 11.1 Å². The van der Waals surface area contributed by atoms with Crippen LogP contribution in [0, 0.1) is 17.0 Å². The molecule has 7 nitrogen and oxygen atoms in total. The molecule has 0 aromatic heterocycles. The van der Waals surface area contributed by atoms with Crippen LogP contribution in [0.25, 0.3) is 0 Å². The highest BCUT2D eigenvalue weighted by molar-refractivity contribution is 7.99.